The zero-order chi connectivity index (χ0) is 14.1. The number of hydrogen-bond acceptors (Lipinski definition) is 0. The van der Waals surface area contributed by atoms with Gasteiger partial charge in [-0.2, -0.15) is 0 Å². The lowest BCUT2D eigenvalue weighted by molar-refractivity contribution is 0.511. The first-order valence-electron chi connectivity index (χ1n) is 6.88. The maximum atomic E-state index is 13.8. The highest BCUT2D eigenvalue weighted by atomic mass is 19.2. The molecule has 0 nitrogen and oxygen atoms in total. The predicted octanol–water partition coefficient (Wildman–Crippen LogP) is 4.92. The minimum atomic E-state index is -0.799. The molecule has 0 saturated carbocycles. The largest absolute Gasteiger partial charge is 0.204 e. The summed E-state index contributed by atoms with van der Waals surface area (Å²) in [6.45, 7) is 3.85. The smallest absolute Gasteiger partial charge is 0.166 e. The molecule has 102 valence electrons. The predicted molar refractivity (Wildman–Crippen MR) is 77.5 cm³/mol. The van der Waals surface area contributed by atoms with E-state index < -0.39 is 11.6 Å². The van der Waals surface area contributed by atoms with Crippen LogP contribution in [0.1, 0.15) is 17.5 Å². The van der Waals surface area contributed by atoms with E-state index in [9.17, 15) is 8.78 Å². The summed E-state index contributed by atoms with van der Waals surface area (Å²) in [5.41, 5.74) is 3.61. The Balaban J connectivity index is 2.01. The lowest BCUT2D eigenvalue weighted by Gasteiger charge is -2.22. The summed E-state index contributed by atoms with van der Waals surface area (Å²) in [5, 5.41) is 0. The average Bonchev–Trinajstić information content (AvgIpc) is 2.49. The molecule has 2 heteroatoms. The molecule has 0 spiro atoms. The molecule has 0 aliphatic heterocycles. The molecule has 1 aliphatic carbocycles. The number of rotatable bonds is 2. The topological polar surface area (TPSA) is 0 Å². The first-order chi connectivity index (χ1) is 9.69. The van der Waals surface area contributed by atoms with Crippen LogP contribution in [0.15, 0.2) is 49.1 Å². The molecule has 1 atom stereocenters. The maximum absolute atomic E-state index is 13.8. The van der Waals surface area contributed by atoms with Crippen molar-refractivity contribution in [3.05, 3.63) is 71.8 Å². The fraction of sp³-hybridized carbons (Fsp3) is 0.222. The van der Waals surface area contributed by atoms with Crippen molar-refractivity contribution in [3.63, 3.8) is 0 Å². The van der Waals surface area contributed by atoms with Gasteiger partial charge >= 0.3 is 0 Å². The molecule has 0 saturated heterocycles. The van der Waals surface area contributed by atoms with Crippen molar-refractivity contribution in [2.24, 2.45) is 5.92 Å². The fourth-order valence-corrected chi connectivity index (χ4v) is 2.88. The van der Waals surface area contributed by atoms with E-state index in [1.165, 1.54) is 11.1 Å². The number of aryl methyl sites for hydroxylation is 1. The van der Waals surface area contributed by atoms with Crippen molar-refractivity contribution < 1.29 is 8.78 Å². The monoisotopic (exact) mass is 270 g/mol. The van der Waals surface area contributed by atoms with Gasteiger partial charge in [-0.15, -0.1) is 6.58 Å². The maximum Gasteiger partial charge on any atom is 0.166 e. The van der Waals surface area contributed by atoms with Crippen LogP contribution in [-0.4, -0.2) is 0 Å². The zero-order valence-corrected chi connectivity index (χ0v) is 11.2. The van der Waals surface area contributed by atoms with Crippen molar-refractivity contribution >= 4 is 0 Å². The molecule has 0 N–H and O–H groups in total. The molecule has 0 fully saturated rings. The molecular formula is C18H16F2. The van der Waals surface area contributed by atoms with Crippen LogP contribution in [0.3, 0.4) is 0 Å². The first kappa shape index (κ1) is 13.0. The highest BCUT2D eigenvalue weighted by Crippen LogP contribution is 2.31. The third-order valence-electron chi connectivity index (χ3n) is 4.07. The van der Waals surface area contributed by atoms with Crippen LogP contribution in [0.25, 0.3) is 11.1 Å². The summed E-state index contributed by atoms with van der Waals surface area (Å²) in [7, 11) is 0. The quantitative estimate of drug-likeness (QED) is 0.679. The van der Waals surface area contributed by atoms with Gasteiger partial charge in [0.05, 0.1) is 0 Å². The summed E-state index contributed by atoms with van der Waals surface area (Å²) in [4.78, 5) is 0. The summed E-state index contributed by atoms with van der Waals surface area (Å²) >= 11 is 0. The zero-order valence-electron chi connectivity index (χ0n) is 11.2. The molecule has 0 aromatic heterocycles. The minimum absolute atomic E-state index is 0.332. The van der Waals surface area contributed by atoms with Crippen LogP contribution in [0, 0.1) is 17.6 Å². The van der Waals surface area contributed by atoms with Gasteiger partial charge in [-0.05, 0) is 47.9 Å². The Morgan fingerprint density at radius 1 is 1.10 bits per heavy atom. The third kappa shape index (κ3) is 2.26. The van der Waals surface area contributed by atoms with Gasteiger partial charge in [0.15, 0.2) is 11.6 Å². The number of fused-ring (bicyclic) bond motifs is 1. The highest BCUT2D eigenvalue weighted by Gasteiger charge is 2.17. The first-order valence-corrected chi connectivity index (χ1v) is 6.88. The Bertz CT molecular complexity index is 658. The molecule has 0 heterocycles. The van der Waals surface area contributed by atoms with Crippen molar-refractivity contribution in [3.8, 4) is 11.1 Å². The van der Waals surface area contributed by atoms with E-state index in [0.29, 0.717) is 11.5 Å². The molecule has 0 amide bonds. The second-order valence-corrected chi connectivity index (χ2v) is 5.32. The van der Waals surface area contributed by atoms with Gasteiger partial charge in [0.2, 0.25) is 0 Å². The molecular weight excluding hydrogens is 254 g/mol. The standard InChI is InChI=1S/C18H16F2/c1-2-12-6-7-14-11-15(9-8-13(14)10-12)16-4-3-5-17(19)18(16)20/h2-5,8-9,11-12H,1,6-7,10H2. The van der Waals surface area contributed by atoms with Crippen LogP contribution < -0.4 is 0 Å². The van der Waals surface area contributed by atoms with E-state index in [1.807, 2.05) is 24.3 Å². The highest BCUT2D eigenvalue weighted by molar-refractivity contribution is 5.66. The van der Waals surface area contributed by atoms with Gasteiger partial charge in [-0.3, -0.25) is 0 Å². The van der Waals surface area contributed by atoms with Crippen LogP contribution in [0.4, 0.5) is 8.78 Å². The normalized spacial score (nSPS) is 17.6. The van der Waals surface area contributed by atoms with Crippen molar-refractivity contribution in [1.82, 2.24) is 0 Å². The van der Waals surface area contributed by atoms with E-state index >= 15 is 0 Å². The van der Waals surface area contributed by atoms with E-state index in [2.05, 4.69) is 6.58 Å². The van der Waals surface area contributed by atoms with E-state index in [-0.39, 0.29) is 0 Å². The molecule has 1 unspecified atom stereocenters. The Morgan fingerprint density at radius 2 is 1.95 bits per heavy atom. The van der Waals surface area contributed by atoms with E-state index in [1.54, 1.807) is 12.1 Å². The molecule has 3 rings (SSSR count). The van der Waals surface area contributed by atoms with Gasteiger partial charge in [-0.1, -0.05) is 36.4 Å². The summed E-state index contributed by atoms with van der Waals surface area (Å²) in [5.74, 6) is -1.04. The summed E-state index contributed by atoms with van der Waals surface area (Å²) in [6.07, 6.45) is 5.04. The minimum Gasteiger partial charge on any atom is -0.204 e. The van der Waals surface area contributed by atoms with Gasteiger partial charge in [0, 0.05) is 5.56 Å². The molecule has 20 heavy (non-hydrogen) atoms. The second kappa shape index (κ2) is 5.20. The van der Waals surface area contributed by atoms with Crippen molar-refractivity contribution in [2.75, 3.05) is 0 Å². The van der Waals surface area contributed by atoms with Crippen LogP contribution in [0.5, 0.6) is 0 Å². The van der Waals surface area contributed by atoms with Gasteiger partial charge in [-0.25, -0.2) is 8.78 Å². The lowest BCUT2D eigenvalue weighted by Crippen LogP contribution is -2.12. The van der Waals surface area contributed by atoms with Crippen LogP contribution in [0.2, 0.25) is 0 Å². The van der Waals surface area contributed by atoms with Crippen LogP contribution >= 0.6 is 0 Å². The molecule has 2 aromatic carbocycles. The Labute approximate surface area is 117 Å². The van der Waals surface area contributed by atoms with E-state index in [0.717, 1.165) is 30.9 Å². The average molecular weight is 270 g/mol. The summed E-state index contributed by atoms with van der Waals surface area (Å²) < 4.78 is 27.2. The molecule has 0 bridgehead atoms. The van der Waals surface area contributed by atoms with E-state index in [4.69, 9.17) is 0 Å². The van der Waals surface area contributed by atoms with Gasteiger partial charge in [0.1, 0.15) is 0 Å². The number of allylic oxidation sites excluding steroid dienone is 1. The number of hydrogen-bond donors (Lipinski definition) is 0. The molecule has 1 aliphatic rings. The fourth-order valence-electron chi connectivity index (χ4n) is 2.88. The second-order valence-electron chi connectivity index (χ2n) is 5.32. The molecule has 2 aromatic rings. The summed E-state index contributed by atoms with van der Waals surface area (Å²) in [6, 6.07) is 10.2. The van der Waals surface area contributed by atoms with Crippen molar-refractivity contribution in [2.45, 2.75) is 19.3 Å². The van der Waals surface area contributed by atoms with Gasteiger partial charge in [0.25, 0.3) is 0 Å². The van der Waals surface area contributed by atoms with Crippen molar-refractivity contribution in [1.29, 1.82) is 0 Å². The molecule has 0 radical (unpaired) electrons. The lowest BCUT2D eigenvalue weighted by atomic mass is 9.83. The third-order valence-corrected chi connectivity index (χ3v) is 4.07. The number of benzene rings is 2. The SMILES string of the molecule is C=CC1CCc2cc(-c3cccc(F)c3F)ccc2C1. The Morgan fingerprint density at radius 3 is 2.75 bits per heavy atom. The van der Waals surface area contributed by atoms with Gasteiger partial charge < -0.3 is 0 Å². The van der Waals surface area contributed by atoms with Crippen LogP contribution in [-0.2, 0) is 12.8 Å². The number of halogens is 2. The Hall–Kier alpha value is -1.96. The Kier molecular flexibility index (Phi) is 3.39.